The zero-order valence-electron chi connectivity index (χ0n) is 6.86. The molecule has 3 heteroatoms. The summed E-state index contributed by atoms with van der Waals surface area (Å²) in [6, 6.07) is 9.40. The molecule has 64 valence electrons. The molecule has 1 atom stereocenters. The van der Waals surface area contributed by atoms with Gasteiger partial charge in [-0.05, 0) is 5.56 Å². The van der Waals surface area contributed by atoms with Gasteiger partial charge in [0, 0.05) is 6.42 Å². The van der Waals surface area contributed by atoms with Gasteiger partial charge in [-0.1, -0.05) is 30.3 Å². The zero-order valence-corrected chi connectivity index (χ0v) is 6.86. The Morgan fingerprint density at radius 2 is 2.00 bits per heavy atom. The van der Waals surface area contributed by atoms with E-state index < -0.39 is 0 Å². The van der Waals surface area contributed by atoms with Crippen LogP contribution in [-0.2, 0) is 11.2 Å². The van der Waals surface area contributed by atoms with Crippen LogP contribution in [0.15, 0.2) is 30.3 Å². The van der Waals surface area contributed by atoms with Crippen LogP contribution < -0.4 is 11.5 Å². The maximum absolute atomic E-state index is 10.7. The minimum atomic E-state index is -0.348. The summed E-state index contributed by atoms with van der Waals surface area (Å²) < 4.78 is 0. The van der Waals surface area contributed by atoms with Gasteiger partial charge in [0.25, 0.3) is 5.91 Å². The molecule has 0 saturated carbocycles. The lowest BCUT2D eigenvalue weighted by Crippen LogP contribution is -2.67. The van der Waals surface area contributed by atoms with Crippen molar-refractivity contribution in [3.8, 4) is 0 Å². The number of quaternary nitrogens is 1. The monoisotopic (exact) mass is 165 g/mol. The second-order valence-corrected chi connectivity index (χ2v) is 2.79. The first-order chi connectivity index (χ1) is 5.70. The lowest BCUT2D eigenvalue weighted by atomic mass is 10.1. The average Bonchev–Trinajstić information content (AvgIpc) is 2.06. The van der Waals surface area contributed by atoms with Crippen LogP contribution in [0.2, 0.25) is 0 Å². The lowest BCUT2D eigenvalue weighted by molar-refractivity contribution is -0.402. The highest BCUT2D eigenvalue weighted by molar-refractivity contribution is 5.78. The van der Waals surface area contributed by atoms with Gasteiger partial charge >= 0.3 is 0 Å². The van der Waals surface area contributed by atoms with Crippen molar-refractivity contribution < 1.29 is 10.5 Å². The Morgan fingerprint density at radius 3 is 2.50 bits per heavy atom. The van der Waals surface area contributed by atoms with Crippen LogP contribution in [0.25, 0.3) is 0 Å². The number of hydrogen-bond donors (Lipinski definition) is 2. The van der Waals surface area contributed by atoms with Crippen LogP contribution in [0.3, 0.4) is 0 Å². The third-order valence-electron chi connectivity index (χ3n) is 1.73. The van der Waals surface area contributed by atoms with E-state index in [-0.39, 0.29) is 11.9 Å². The second kappa shape index (κ2) is 3.88. The number of hydrogen-bond acceptors (Lipinski definition) is 1. The fourth-order valence-electron chi connectivity index (χ4n) is 0.999. The Labute approximate surface area is 71.4 Å². The van der Waals surface area contributed by atoms with Crippen LogP contribution in [0.4, 0.5) is 0 Å². The summed E-state index contributed by atoms with van der Waals surface area (Å²) in [6.45, 7) is 0. The van der Waals surface area contributed by atoms with Crippen molar-refractivity contribution in [3.63, 3.8) is 0 Å². The molecule has 0 fully saturated rings. The SMILES string of the molecule is NC(=O)C([NH3+])Cc1ccccc1. The Morgan fingerprint density at radius 1 is 1.42 bits per heavy atom. The van der Waals surface area contributed by atoms with Crippen molar-refractivity contribution in [2.24, 2.45) is 5.73 Å². The van der Waals surface area contributed by atoms with Crippen LogP contribution in [-0.4, -0.2) is 11.9 Å². The van der Waals surface area contributed by atoms with Crippen LogP contribution >= 0.6 is 0 Å². The molecule has 1 unspecified atom stereocenters. The van der Waals surface area contributed by atoms with E-state index in [1.165, 1.54) is 0 Å². The Balaban J connectivity index is 2.58. The lowest BCUT2D eigenvalue weighted by Gasteiger charge is -2.03. The Bertz CT molecular complexity index is 258. The van der Waals surface area contributed by atoms with E-state index in [1.807, 2.05) is 30.3 Å². The van der Waals surface area contributed by atoms with Crippen molar-refractivity contribution in [2.75, 3.05) is 0 Å². The van der Waals surface area contributed by atoms with Gasteiger partial charge in [-0.3, -0.25) is 4.79 Å². The molecular formula is C9H13N2O+. The molecule has 3 nitrogen and oxygen atoms in total. The van der Waals surface area contributed by atoms with Crippen LogP contribution in [0, 0.1) is 0 Å². The smallest absolute Gasteiger partial charge is 0.275 e. The number of benzene rings is 1. The third-order valence-corrected chi connectivity index (χ3v) is 1.73. The summed E-state index contributed by atoms with van der Waals surface area (Å²) in [5.41, 5.74) is 9.83. The van der Waals surface area contributed by atoms with Crippen LogP contribution in [0.1, 0.15) is 5.56 Å². The largest absolute Gasteiger partial charge is 0.365 e. The normalized spacial score (nSPS) is 12.4. The summed E-state index contributed by atoms with van der Waals surface area (Å²) in [5, 5.41) is 0. The fraction of sp³-hybridized carbons (Fsp3) is 0.222. The topological polar surface area (TPSA) is 70.7 Å². The highest BCUT2D eigenvalue weighted by Gasteiger charge is 2.12. The minimum absolute atomic E-state index is 0.326. The summed E-state index contributed by atoms with van der Waals surface area (Å²) in [6.07, 6.45) is 0.621. The van der Waals surface area contributed by atoms with E-state index in [0.29, 0.717) is 6.42 Å². The first-order valence-electron chi connectivity index (χ1n) is 3.86. The molecule has 1 aromatic rings. The third kappa shape index (κ3) is 2.36. The highest BCUT2D eigenvalue weighted by Crippen LogP contribution is 2.00. The molecular weight excluding hydrogens is 152 g/mol. The number of nitrogens with two attached hydrogens (primary N) is 1. The van der Waals surface area contributed by atoms with Crippen molar-refractivity contribution in [3.05, 3.63) is 35.9 Å². The molecule has 0 radical (unpaired) electrons. The molecule has 0 aromatic heterocycles. The molecule has 5 N–H and O–H groups in total. The molecule has 12 heavy (non-hydrogen) atoms. The first-order valence-corrected chi connectivity index (χ1v) is 3.86. The quantitative estimate of drug-likeness (QED) is 0.612. The number of carbonyl (C=O) groups excluding carboxylic acids is 1. The van der Waals surface area contributed by atoms with Crippen LogP contribution in [0.5, 0.6) is 0 Å². The molecule has 0 aliphatic heterocycles. The minimum Gasteiger partial charge on any atom is -0.365 e. The van der Waals surface area contributed by atoms with Gasteiger partial charge in [0.2, 0.25) is 0 Å². The van der Waals surface area contributed by atoms with E-state index in [2.05, 4.69) is 5.73 Å². The molecule has 0 spiro atoms. The predicted octanol–water partition coefficient (Wildman–Crippen LogP) is -0.675. The Hall–Kier alpha value is -1.35. The van der Waals surface area contributed by atoms with Crippen molar-refractivity contribution in [1.82, 2.24) is 0 Å². The van der Waals surface area contributed by atoms with Gasteiger partial charge in [0.05, 0.1) is 0 Å². The molecule has 1 rings (SSSR count). The summed E-state index contributed by atoms with van der Waals surface area (Å²) in [7, 11) is 0. The van der Waals surface area contributed by atoms with Crippen molar-refractivity contribution >= 4 is 5.91 Å². The number of amides is 1. The van der Waals surface area contributed by atoms with Crippen molar-refractivity contribution in [1.29, 1.82) is 0 Å². The summed E-state index contributed by atoms with van der Waals surface area (Å²) >= 11 is 0. The van der Waals surface area contributed by atoms with E-state index in [4.69, 9.17) is 5.73 Å². The van der Waals surface area contributed by atoms with Gasteiger partial charge in [-0.2, -0.15) is 0 Å². The molecule has 1 aromatic carbocycles. The van der Waals surface area contributed by atoms with Gasteiger partial charge in [-0.15, -0.1) is 0 Å². The molecule has 0 saturated heterocycles. The molecule has 0 aliphatic rings. The number of carbonyl (C=O) groups is 1. The van der Waals surface area contributed by atoms with Crippen molar-refractivity contribution in [2.45, 2.75) is 12.5 Å². The van der Waals surface area contributed by atoms with E-state index in [9.17, 15) is 4.79 Å². The molecule has 1 amide bonds. The molecule has 0 heterocycles. The maximum atomic E-state index is 10.7. The van der Waals surface area contributed by atoms with Gasteiger partial charge in [0.1, 0.15) is 0 Å². The van der Waals surface area contributed by atoms with Gasteiger partial charge in [0.15, 0.2) is 6.04 Å². The van der Waals surface area contributed by atoms with E-state index in [0.717, 1.165) is 5.56 Å². The highest BCUT2D eigenvalue weighted by atomic mass is 16.1. The Kier molecular flexibility index (Phi) is 2.82. The number of rotatable bonds is 3. The summed E-state index contributed by atoms with van der Waals surface area (Å²) in [5.74, 6) is -0.348. The van der Waals surface area contributed by atoms with Gasteiger partial charge < -0.3 is 11.5 Å². The maximum Gasteiger partial charge on any atom is 0.275 e. The average molecular weight is 165 g/mol. The zero-order chi connectivity index (χ0) is 8.97. The second-order valence-electron chi connectivity index (χ2n) is 2.79. The van der Waals surface area contributed by atoms with E-state index in [1.54, 1.807) is 0 Å². The van der Waals surface area contributed by atoms with E-state index >= 15 is 0 Å². The van der Waals surface area contributed by atoms with Gasteiger partial charge in [-0.25, -0.2) is 0 Å². The summed E-state index contributed by atoms with van der Waals surface area (Å²) in [4.78, 5) is 10.7. The first kappa shape index (κ1) is 8.74. The number of primary amides is 1. The molecule has 0 aliphatic carbocycles. The molecule has 0 bridgehead atoms. The standard InChI is InChI=1S/C9H12N2O/c10-8(9(11)12)6-7-4-2-1-3-5-7/h1-5,8H,6,10H2,(H2,11,12)/p+1. The predicted molar refractivity (Wildman–Crippen MR) is 46.0 cm³/mol. The fourth-order valence-corrected chi connectivity index (χ4v) is 0.999.